The van der Waals surface area contributed by atoms with E-state index in [1.165, 1.54) is 283 Å². The molecule has 2 aliphatic rings. The van der Waals surface area contributed by atoms with Gasteiger partial charge in [0.1, 0.15) is 48.8 Å². The van der Waals surface area contributed by atoms with Gasteiger partial charge in [-0.1, -0.05) is 394 Å². The van der Waals surface area contributed by atoms with E-state index >= 15 is 0 Å². The number of aliphatic hydroxyl groups excluding tert-OH is 8. The number of rotatable bonds is 74. The van der Waals surface area contributed by atoms with Gasteiger partial charge in [0.2, 0.25) is 5.91 Å². The molecule has 2 heterocycles. The van der Waals surface area contributed by atoms with Crippen molar-refractivity contribution in [1.82, 2.24) is 5.32 Å². The molecule has 0 aliphatic carbocycles. The maximum absolute atomic E-state index is 13.4. The van der Waals surface area contributed by atoms with Crippen molar-refractivity contribution >= 4 is 5.91 Å². The summed E-state index contributed by atoms with van der Waals surface area (Å²) < 4.78 is 23.0. The van der Waals surface area contributed by atoms with E-state index in [4.69, 9.17) is 18.9 Å². The van der Waals surface area contributed by atoms with Crippen molar-refractivity contribution in [2.45, 2.75) is 460 Å². The summed E-state index contributed by atoms with van der Waals surface area (Å²) in [6.45, 7) is 2.74. The minimum absolute atomic E-state index is 0.233. The van der Waals surface area contributed by atoms with Crippen molar-refractivity contribution in [2.75, 3.05) is 19.8 Å². The van der Waals surface area contributed by atoms with Crippen LogP contribution < -0.4 is 5.32 Å². The third-order valence-corrected chi connectivity index (χ3v) is 21.1. The van der Waals surface area contributed by atoms with Gasteiger partial charge in [-0.15, -0.1) is 0 Å². The van der Waals surface area contributed by atoms with Crippen LogP contribution in [0, 0.1) is 0 Å². The molecule has 0 aromatic rings. The summed E-state index contributed by atoms with van der Waals surface area (Å²) >= 11 is 0. The molecule has 14 nitrogen and oxygen atoms in total. The third-order valence-electron chi connectivity index (χ3n) is 21.1. The van der Waals surface area contributed by atoms with Crippen LogP contribution in [0.2, 0.25) is 0 Å². The fourth-order valence-electron chi connectivity index (χ4n) is 14.2. The van der Waals surface area contributed by atoms with Gasteiger partial charge in [-0.05, 0) is 70.6 Å². The largest absolute Gasteiger partial charge is 0.394 e. The van der Waals surface area contributed by atoms with E-state index in [9.17, 15) is 45.6 Å². The standard InChI is InChI=1S/C90H163NO13/c1-3-5-7-9-11-13-15-17-19-21-23-25-27-29-31-33-34-35-36-37-38-39-40-41-42-43-44-46-48-50-52-54-56-58-60-62-64-66-68-70-72-74-82(95)91-78(77-101-89-87(100)85(98)88(81(76-93)103-89)104-90-86(99)84(97)83(96)80(75-92)102-90)79(94)73-71-69-67-65-63-61-59-57-55-53-51-49-47-45-32-30-28-26-24-22-20-18-16-14-12-10-8-6-4-2/h5,7,11,13,17,19,23,25,29,31,34-35,71,73,78-81,83-90,92-94,96-100H,3-4,6,8-10,12,14-16,18,20-22,24,26-28,30,32-33,36-70,72,74-77H2,1-2H3,(H,91,95)/b7-5-,13-11-,19-17-,25-23-,31-29-,35-34-,73-71+. The lowest BCUT2D eigenvalue weighted by atomic mass is 9.97. The number of ether oxygens (including phenoxy) is 4. The minimum Gasteiger partial charge on any atom is -0.394 e. The molecule has 2 rings (SSSR count). The Morgan fingerprint density at radius 1 is 0.356 bits per heavy atom. The van der Waals surface area contributed by atoms with Crippen LogP contribution in [-0.2, 0) is 23.7 Å². The van der Waals surface area contributed by atoms with E-state index in [1.54, 1.807) is 6.08 Å². The topological polar surface area (TPSA) is 228 Å². The summed E-state index contributed by atoms with van der Waals surface area (Å²) in [5.41, 5.74) is 0. The lowest BCUT2D eigenvalue weighted by molar-refractivity contribution is -0.359. The summed E-state index contributed by atoms with van der Waals surface area (Å²) in [5.74, 6) is -0.233. The number of hydrogen-bond acceptors (Lipinski definition) is 13. The van der Waals surface area contributed by atoms with E-state index in [0.717, 1.165) is 77.0 Å². The average molecular weight is 1470 g/mol. The van der Waals surface area contributed by atoms with Gasteiger partial charge in [0.25, 0.3) is 0 Å². The summed E-state index contributed by atoms with van der Waals surface area (Å²) in [4.78, 5) is 13.4. The first kappa shape index (κ1) is 97.2. The Kier molecular flexibility index (Phi) is 68.3. The van der Waals surface area contributed by atoms with Gasteiger partial charge in [0, 0.05) is 6.42 Å². The van der Waals surface area contributed by atoms with Gasteiger partial charge in [-0.25, -0.2) is 0 Å². The highest BCUT2D eigenvalue weighted by atomic mass is 16.7. The molecule has 12 atom stereocenters. The molecule has 0 aromatic carbocycles. The van der Waals surface area contributed by atoms with E-state index in [-0.39, 0.29) is 18.9 Å². The highest BCUT2D eigenvalue weighted by Gasteiger charge is 2.51. The second kappa shape index (κ2) is 73.0. The van der Waals surface area contributed by atoms with Crippen LogP contribution in [-0.4, -0.2) is 140 Å². The van der Waals surface area contributed by atoms with Crippen LogP contribution in [0.4, 0.5) is 0 Å². The lowest BCUT2D eigenvalue weighted by Gasteiger charge is -2.46. The van der Waals surface area contributed by atoms with Gasteiger partial charge in [-0.2, -0.15) is 0 Å². The normalized spacial score (nSPS) is 21.9. The molecule has 0 spiro atoms. The van der Waals surface area contributed by atoms with Gasteiger partial charge in [0.05, 0.1) is 32.0 Å². The number of allylic oxidation sites excluding steroid dienone is 13. The molecule has 12 unspecified atom stereocenters. The molecule has 14 heteroatoms. The Morgan fingerprint density at radius 3 is 1.02 bits per heavy atom. The van der Waals surface area contributed by atoms with Crippen LogP contribution in [0.15, 0.2) is 85.1 Å². The summed E-state index contributed by atoms with van der Waals surface area (Å²) in [6.07, 6.45) is 86.9. The molecule has 2 saturated heterocycles. The zero-order chi connectivity index (χ0) is 75.1. The summed E-state index contributed by atoms with van der Waals surface area (Å²) in [7, 11) is 0. The van der Waals surface area contributed by atoms with Crippen molar-refractivity contribution in [2.24, 2.45) is 0 Å². The Hall–Kier alpha value is -2.83. The zero-order valence-electron chi connectivity index (χ0n) is 66.8. The van der Waals surface area contributed by atoms with Crippen molar-refractivity contribution in [3.8, 4) is 0 Å². The van der Waals surface area contributed by atoms with Crippen molar-refractivity contribution in [3.05, 3.63) is 85.1 Å². The molecular formula is C90H163NO13. The van der Waals surface area contributed by atoms with Gasteiger partial charge >= 0.3 is 0 Å². The first-order chi connectivity index (χ1) is 51.1. The monoisotopic (exact) mass is 1470 g/mol. The summed E-state index contributed by atoms with van der Waals surface area (Å²) in [6, 6.07) is -0.918. The number of nitrogens with one attached hydrogen (secondary N) is 1. The average Bonchev–Trinajstić information content (AvgIpc) is 0.789. The molecule has 2 aliphatic heterocycles. The predicted molar refractivity (Wildman–Crippen MR) is 433 cm³/mol. The number of carbonyl (C=O) groups is 1. The van der Waals surface area contributed by atoms with Crippen LogP contribution in [0.3, 0.4) is 0 Å². The molecule has 1 amide bonds. The van der Waals surface area contributed by atoms with Crippen molar-refractivity contribution in [3.63, 3.8) is 0 Å². The Balaban J connectivity index is 1.56. The van der Waals surface area contributed by atoms with E-state index < -0.39 is 86.8 Å². The minimum atomic E-state index is -1.79. The van der Waals surface area contributed by atoms with E-state index in [1.807, 2.05) is 6.08 Å². The second-order valence-corrected chi connectivity index (χ2v) is 30.6. The van der Waals surface area contributed by atoms with Crippen LogP contribution in [0.25, 0.3) is 0 Å². The molecule has 2 fully saturated rings. The molecule has 0 radical (unpaired) electrons. The first-order valence-corrected chi connectivity index (χ1v) is 43.8. The van der Waals surface area contributed by atoms with Gasteiger partial charge < -0.3 is 65.1 Å². The molecular weight excluding hydrogens is 1300 g/mol. The summed E-state index contributed by atoms with van der Waals surface area (Å²) in [5, 5.41) is 87.8. The molecule has 0 saturated carbocycles. The second-order valence-electron chi connectivity index (χ2n) is 30.6. The number of amides is 1. The fourth-order valence-corrected chi connectivity index (χ4v) is 14.2. The molecule has 606 valence electrons. The van der Waals surface area contributed by atoms with Crippen LogP contribution in [0.1, 0.15) is 386 Å². The number of aliphatic hydroxyl groups is 8. The SMILES string of the molecule is CC/C=C\C/C=C\C/C=C\C/C=C\C/C=C\C/C=C\CCCCCCCCCCCCCCCCCCCCCCCCC(=O)NC(COC1OC(CO)C(OC2OC(CO)C(O)C(O)C2O)C(O)C1O)C(O)/C=C/CCCCCCCCCCCCCCCCCCCCCCCCCCCCC. The zero-order valence-corrected chi connectivity index (χ0v) is 66.8. The van der Waals surface area contributed by atoms with Crippen LogP contribution >= 0.6 is 0 Å². The predicted octanol–water partition coefficient (Wildman–Crippen LogP) is 21.0. The quantitative estimate of drug-likeness (QED) is 0.0204. The Morgan fingerprint density at radius 2 is 0.663 bits per heavy atom. The van der Waals surface area contributed by atoms with Gasteiger partial charge in [-0.3, -0.25) is 4.79 Å². The Bertz CT molecular complexity index is 2080. The number of hydrogen-bond donors (Lipinski definition) is 9. The van der Waals surface area contributed by atoms with Crippen LogP contribution in [0.5, 0.6) is 0 Å². The molecule has 0 bridgehead atoms. The van der Waals surface area contributed by atoms with E-state index in [2.05, 4.69) is 92.1 Å². The lowest BCUT2D eigenvalue weighted by Crippen LogP contribution is -2.65. The van der Waals surface area contributed by atoms with Crippen molar-refractivity contribution in [1.29, 1.82) is 0 Å². The number of unbranched alkanes of at least 4 members (excludes halogenated alkanes) is 49. The Labute approximate surface area is 637 Å². The van der Waals surface area contributed by atoms with Gasteiger partial charge in [0.15, 0.2) is 12.6 Å². The maximum Gasteiger partial charge on any atom is 0.220 e. The molecule has 9 N–H and O–H groups in total. The van der Waals surface area contributed by atoms with E-state index in [0.29, 0.717) is 6.42 Å². The first-order valence-electron chi connectivity index (χ1n) is 43.8. The highest BCUT2D eigenvalue weighted by Crippen LogP contribution is 2.30. The third kappa shape index (κ3) is 54.7. The highest BCUT2D eigenvalue weighted by molar-refractivity contribution is 5.76. The maximum atomic E-state index is 13.4. The number of carbonyl (C=O) groups excluding carboxylic acids is 1. The molecule has 104 heavy (non-hydrogen) atoms. The fraction of sp³-hybridized carbons (Fsp3) is 0.833. The van der Waals surface area contributed by atoms with Crippen molar-refractivity contribution < 1.29 is 64.6 Å². The molecule has 0 aromatic heterocycles. The smallest absolute Gasteiger partial charge is 0.220 e.